The Balaban J connectivity index is 1.54. The van der Waals surface area contributed by atoms with Crippen molar-refractivity contribution in [1.29, 1.82) is 0 Å². The smallest absolute Gasteiger partial charge is 0.338 e. The van der Waals surface area contributed by atoms with Crippen LogP contribution in [0.2, 0.25) is 0 Å². The Hall–Kier alpha value is -2.83. The lowest BCUT2D eigenvalue weighted by Gasteiger charge is -2.33. The molecule has 0 spiro atoms. The van der Waals surface area contributed by atoms with Gasteiger partial charge in [0.05, 0.1) is 17.8 Å². The predicted octanol–water partition coefficient (Wildman–Crippen LogP) is 2.21. The van der Waals surface area contributed by atoms with E-state index in [1.54, 1.807) is 22.7 Å². The number of carboxylic acids is 1. The first kappa shape index (κ1) is 17.0. The minimum atomic E-state index is -0.981. The van der Waals surface area contributed by atoms with Crippen LogP contribution < -0.4 is 4.74 Å². The van der Waals surface area contributed by atoms with Crippen molar-refractivity contribution in [2.24, 2.45) is 0 Å². The number of piperidine rings is 1. The van der Waals surface area contributed by atoms with Crippen LogP contribution in [0.5, 0.6) is 5.75 Å². The van der Waals surface area contributed by atoms with Gasteiger partial charge in [0.25, 0.3) is 5.91 Å². The van der Waals surface area contributed by atoms with Crippen molar-refractivity contribution in [2.75, 3.05) is 13.1 Å². The standard InChI is InChI=1S/C18H21N3O4/c1-13(25-16-5-3-2-4-6-16)17(22)20-9-7-15(8-10-20)21-12-14(11-19-21)18(23)24/h2-6,11-13,15H,7-10H2,1H3,(H,23,24). The SMILES string of the molecule is CC(Oc1ccccc1)C(=O)N1CCC(n2cc(C(=O)O)cn2)CC1. The maximum absolute atomic E-state index is 12.5. The zero-order valence-electron chi connectivity index (χ0n) is 14.0. The van der Waals surface area contributed by atoms with Crippen LogP contribution in [-0.2, 0) is 4.79 Å². The number of carboxylic acid groups (broad SMARTS) is 1. The largest absolute Gasteiger partial charge is 0.481 e. The summed E-state index contributed by atoms with van der Waals surface area (Å²) in [6.07, 6.45) is 3.85. The van der Waals surface area contributed by atoms with E-state index in [1.807, 2.05) is 30.3 Å². The average molecular weight is 343 g/mol. The summed E-state index contributed by atoms with van der Waals surface area (Å²) in [6.45, 7) is 2.97. The Bertz CT molecular complexity index is 736. The quantitative estimate of drug-likeness (QED) is 0.900. The Morgan fingerprint density at radius 1 is 1.24 bits per heavy atom. The molecule has 2 heterocycles. The molecule has 1 saturated heterocycles. The number of carbonyl (C=O) groups is 2. The molecule has 0 saturated carbocycles. The van der Waals surface area contributed by atoms with Crippen molar-refractivity contribution in [3.05, 3.63) is 48.3 Å². The number of hydrogen-bond donors (Lipinski definition) is 1. The van der Waals surface area contributed by atoms with Gasteiger partial charge in [-0.25, -0.2) is 4.79 Å². The van der Waals surface area contributed by atoms with E-state index in [2.05, 4.69) is 5.10 Å². The molecular weight excluding hydrogens is 322 g/mol. The number of ether oxygens (including phenoxy) is 1. The number of benzene rings is 1. The Kier molecular flexibility index (Phi) is 5.02. The highest BCUT2D eigenvalue weighted by atomic mass is 16.5. The molecule has 132 valence electrons. The molecule has 1 aliphatic rings. The van der Waals surface area contributed by atoms with Crippen LogP contribution in [0.25, 0.3) is 0 Å². The summed E-state index contributed by atoms with van der Waals surface area (Å²) in [5, 5.41) is 13.1. The Morgan fingerprint density at radius 2 is 1.92 bits per heavy atom. The molecule has 1 aromatic heterocycles. The number of rotatable bonds is 5. The zero-order valence-corrected chi connectivity index (χ0v) is 14.0. The molecule has 2 aromatic rings. The zero-order chi connectivity index (χ0) is 17.8. The van der Waals surface area contributed by atoms with Gasteiger partial charge in [-0.2, -0.15) is 5.10 Å². The highest BCUT2D eigenvalue weighted by Gasteiger charge is 2.28. The van der Waals surface area contributed by atoms with Gasteiger partial charge in [-0.3, -0.25) is 9.48 Å². The molecule has 0 bridgehead atoms. The number of para-hydroxylation sites is 1. The third-order valence-electron chi connectivity index (χ3n) is 4.40. The second kappa shape index (κ2) is 7.38. The summed E-state index contributed by atoms with van der Waals surface area (Å²) in [6, 6.07) is 9.40. The van der Waals surface area contributed by atoms with Gasteiger partial charge in [0, 0.05) is 19.3 Å². The molecule has 1 unspecified atom stereocenters. The van der Waals surface area contributed by atoms with E-state index in [-0.39, 0.29) is 17.5 Å². The van der Waals surface area contributed by atoms with E-state index in [0.29, 0.717) is 18.8 Å². The molecule has 1 atom stereocenters. The van der Waals surface area contributed by atoms with Crippen molar-refractivity contribution < 1.29 is 19.4 Å². The van der Waals surface area contributed by atoms with Crippen molar-refractivity contribution in [3.8, 4) is 5.75 Å². The third kappa shape index (κ3) is 3.99. The molecule has 7 nitrogen and oxygen atoms in total. The number of hydrogen-bond acceptors (Lipinski definition) is 4. The van der Waals surface area contributed by atoms with E-state index < -0.39 is 12.1 Å². The fourth-order valence-corrected chi connectivity index (χ4v) is 3.01. The molecule has 3 rings (SSSR count). The molecule has 1 amide bonds. The first-order valence-electron chi connectivity index (χ1n) is 8.32. The van der Waals surface area contributed by atoms with Gasteiger partial charge in [0.2, 0.25) is 0 Å². The molecule has 1 N–H and O–H groups in total. The molecule has 1 fully saturated rings. The number of aromatic nitrogens is 2. The Morgan fingerprint density at radius 3 is 2.52 bits per heavy atom. The van der Waals surface area contributed by atoms with Crippen LogP contribution in [-0.4, -0.2) is 50.9 Å². The van der Waals surface area contributed by atoms with Crippen LogP contribution in [0.4, 0.5) is 0 Å². The van der Waals surface area contributed by atoms with Gasteiger partial charge < -0.3 is 14.7 Å². The second-order valence-electron chi connectivity index (χ2n) is 6.14. The van der Waals surface area contributed by atoms with Crippen molar-refractivity contribution in [1.82, 2.24) is 14.7 Å². The fourth-order valence-electron chi connectivity index (χ4n) is 3.01. The molecule has 0 radical (unpaired) electrons. The maximum atomic E-state index is 12.5. The molecule has 1 aromatic carbocycles. The molecular formula is C18H21N3O4. The van der Waals surface area contributed by atoms with Gasteiger partial charge in [0.15, 0.2) is 6.10 Å². The van der Waals surface area contributed by atoms with E-state index in [1.165, 1.54) is 6.20 Å². The number of likely N-dealkylation sites (tertiary alicyclic amines) is 1. The number of carbonyl (C=O) groups excluding carboxylic acids is 1. The van der Waals surface area contributed by atoms with Crippen molar-refractivity contribution in [3.63, 3.8) is 0 Å². The Labute approximate surface area is 145 Å². The number of amides is 1. The predicted molar refractivity (Wildman–Crippen MR) is 90.6 cm³/mol. The highest BCUT2D eigenvalue weighted by Crippen LogP contribution is 2.23. The summed E-state index contributed by atoms with van der Waals surface area (Å²) < 4.78 is 7.39. The van der Waals surface area contributed by atoms with Crippen LogP contribution in [0, 0.1) is 0 Å². The fraction of sp³-hybridized carbons (Fsp3) is 0.389. The van der Waals surface area contributed by atoms with Crippen LogP contribution >= 0.6 is 0 Å². The monoisotopic (exact) mass is 343 g/mol. The van der Waals surface area contributed by atoms with Crippen LogP contribution in [0.15, 0.2) is 42.7 Å². The molecule has 0 aliphatic carbocycles. The van der Waals surface area contributed by atoms with Crippen LogP contribution in [0.3, 0.4) is 0 Å². The van der Waals surface area contributed by atoms with Gasteiger partial charge in [-0.15, -0.1) is 0 Å². The minimum Gasteiger partial charge on any atom is -0.481 e. The number of nitrogens with zero attached hydrogens (tertiary/aromatic N) is 3. The minimum absolute atomic E-state index is 0.0333. The van der Waals surface area contributed by atoms with Gasteiger partial charge in [-0.05, 0) is 31.9 Å². The van der Waals surface area contributed by atoms with E-state index in [9.17, 15) is 9.59 Å². The summed E-state index contributed by atoms with van der Waals surface area (Å²) in [5.74, 6) is -0.337. The highest BCUT2D eigenvalue weighted by molar-refractivity contribution is 5.86. The van der Waals surface area contributed by atoms with Gasteiger partial charge in [0.1, 0.15) is 5.75 Å². The maximum Gasteiger partial charge on any atom is 0.338 e. The lowest BCUT2D eigenvalue weighted by molar-refractivity contribution is -0.139. The molecule has 25 heavy (non-hydrogen) atoms. The topological polar surface area (TPSA) is 84.7 Å². The summed E-state index contributed by atoms with van der Waals surface area (Å²) >= 11 is 0. The normalized spacial score (nSPS) is 16.4. The first-order valence-corrected chi connectivity index (χ1v) is 8.32. The summed E-state index contributed by atoms with van der Waals surface area (Å²) in [7, 11) is 0. The summed E-state index contributed by atoms with van der Waals surface area (Å²) in [4.78, 5) is 25.3. The van der Waals surface area contributed by atoms with E-state index in [0.717, 1.165) is 12.8 Å². The van der Waals surface area contributed by atoms with Crippen LogP contribution in [0.1, 0.15) is 36.2 Å². The average Bonchev–Trinajstić information content (AvgIpc) is 3.12. The van der Waals surface area contributed by atoms with Gasteiger partial charge >= 0.3 is 5.97 Å². The third-order valence-corrected chi connectivity index (χ3v) is 4.40. The lowest BCUT2D eigenvalue weighted by Crippen LogP contribution is -2.45. The van der Waals surface area contributed by atoms with Gasteiger partial charge in [-0.1, -0.05) is 18.2 Å². The number of aromatic carboxylic acids is 1. The first-order chi connectivity index (χ1) is 12.0. The van der Waals surface area contributed by atoms with Crippen molar-refractivity contribution >= 4 is 11.9 Å². The lowest BCUT2D eigenvalue weighted by atomic mass is 10.0. The molecule has 7 heteroatoms. The molecule has 1 aliphatic heterocycles. The summed E-state index contributed by atoms with van der Waals surface area (Å²) in [5.41, 5.74) is 0.184. The second-order valence-corrected chi connectivity index (χ2v) is 6.14. The van der Waals surface area contributed by atoms with Crippen molar-refractivity contribution in [2.45, 2.75) is 31.9 Å². The van der Waals surface area contributed by atoms with E-state index >= 15 is 0 Å². The van der Waals surface area contributed by atoms with E-state index in [4.69, 9.17) is 9.84 Å².